The van der Waals surface area contributed by atoms with Crippen LogP contribution < -0.4 is 0 Å². The van der Waals surface area contributed by atoms with Gasteiger partial charge < -0.3 is 60.2 Å². The summed E-state index contributed by atoms with van der Waals surface area (Å²) in [6.07, 6.45) is -16.1. The highest BCUT2D eigenvalue weighted by atomic mass is 16.8. The summed E-state index contributed by atoms with van der Waals surface area (Å²) in [5.74, 6) is -3.14. The van der Waals surface area contributed by atoms with Crippen LogP contribution in [0.4, 0.5) is 0 Å². The number of aliphatic hydroxyl groups is 9. The fraction of sp³-hybridized carbons (Fsp3) is 0.917. The van der Waals surface area contributed by atoms with Crippen LogP contribution in [0.2, 0.25) is 0 Å². The predicted octanol–water partition coefficient (Wildman–Crippen LogP) is -6.23. The third kappa shape index (κ3) is 4.25. The lowest BCUT2D eigenvalue weighted by molar-refractivity contribution is -0.465. The fourth-order valence-electron chi connectivity index (χ4n) is 2.17. The van der Waals surface area contributed by atoms with Gasteiger partial charge in [-0.3, -0.25) is 0 Å². The molecule has 0 saturated carbocycles. The Balaban J connectivity index is 3.07. The lowest BCUT2D eigenvalue weighted by Gasteiger charge is -2.46. The Hall–Kier alpha value is -0.770. The van der Waals surface area contributed by atoms with Crippen LogP contribution in [0.1, 0.15) is 0 Å². The number of carbonyl (C=O) groups excluding carboxylic acids is 1. The molecule has 0 aromatic rings. The van der Waals surface area contributed by atoms with Gasteiger partial charge in [0.05, 0.1) is 13.2 Å². The maximum absolute atomic E-state index is 10.5. The molecular weight excluding hydrogens is 336 g/mol. The van der Waals surface area contributed by atoms with Crippen LogP contribution in [-0.2, 0) is 14.3 Å². The van der Waals surface area contributed by atoms with Crippen LogP contribution in [0.25, 0.3) is 0 Å². The molecule has 0 spiro atoms. The lowest BCUT2D eigenvalue weighted by Crippen LogP contribution is -2.68. The Kier molecular flexibility index (Phi) is 7.58. The van der Waals surface area contributed by atoms with Gasteiger partial charge in [-0.1, -0.05) is 0 Å². The van der Waals surface area contributed by atoms with E-state index in [4.69, 9.17) is 19.7 Å². The van der Waals surface area contributed by atoms with Crippen LogP contribution in [0.15, 0.2) is 0 Å². The zero-order chi connectivity index (χ0) is 18.7. The topological polar surface area (TPSA) is 218 Å². The van der Waals surface area contributed by atoms with Gasteiger partial charge in [0.25, 0.3) is 0 Å². The van der Waals surface area contributed by atoms with E-state index in [1.807, 2.05) is 0 Å². The fourth-order valence-corrected chi connectivity index (χ4v) is 2.17. The number of aldehydes is 1. The largest absolute Gasteiger partial charge is 0.394 e. The van der Waals surface area contributed by atoms with Crippen molar-refractivity contribution in [2.24, 2.45) is 0 Å². The van der Waals surface area contributed by atoms with Crippen LogP contribution >= 0.6 is 0 Å². The standard InChI is InChI=1S/C12H22O12/c13-1-4(16)7(18)10(5(17)2-14)24-12(22)11(21)9(20)8(19)6(3-15)23-12/h1,4-11,14-22H,2-3H2/t4-,5+,6+,7+,8+,9-,10+,11+,12?/m0/s1. The molecule has 142 valence electrons. The Morgan fingerprint density at radius 2 is 1.71 bits per heavy atom. The smallest absolute Gasteiger partial charge is 0.311 e. The molecule has 1 aliphatic rings. The van der Waals surface area contributed by atoms with Crippen molar-refractivity contribution in [1.82, 2.24) is 0 Å². The van der Waals surface area contributed by atoms with Gasteiger partial charge in [0.2, 0.25) is 0 Å². The predicted molar refractivity (Wildman–Crippen MR) is 71.0 cm³/mol. The van der Waals surface area contributed by atoms with Crippen molar-refractivity contribution in [2.45, 2.75) is 54.8 Å². The molecular formula is C12H22O12. The molecule has 1 heterocycles. The van der Waals surface area contributed by atoms with Gasteiger partial charge in [0.15, 0.2) is 12.4 Å². The second-order valence-corrected chi connectivity index (χ2v) is 5.35. The number of ether oxygens (including phenoxy) is 2. The van der Waals surface area contributed by atoms with E-state index in [-0.39, 0.29) is 6.29 Å². The van der Waals surface area contributed by atoms with E-state index in [0.717, 1.165) is 0 Å². The van der Waals surface area contributed by atoms with Gasteiger partial charge in [-0.15, -0.1) is 0 Å². The highest BCUT2D eigenvalue weighted by Gasteiger charge is 2.56. The summed E-state index contributed by atoms with van der Waals surface area (Å²) in [5.41, 5.74) is 0. The van der Waals surface area contributed by atoms with Crippen LogP contribution in [0.5, 0.6) is 0 Å². The van der Waals surface area contributed by atoms with Crippen molar-refractivity contribution < 1.29 is 60.2 Å². The molecule has 1 rings (SSSR count). The zero-order valence-corrected chi connectivity index (χ0v) is 12.4. The van der Waals surface area contributed by atoms with Crippen molar-refractivity contribution in [1.29, 1.82) is 0 Å². The van der Waals surface area contributed by atoms with Crippen LogP contribution in [-0.4, -0.2) is 120 Å². The average molecular weight is 358 g/mol. The summed E-state index contributed by atoms with van der Waals surface area (Å²) >= 11 is 0. The molecule has 0 radical (unpaired) electrons. The monoisotopic (exact) mass is 358 g/mol. The molecule has 1 aliphatic heterocycles. The van der Waals surface area contributed by atoms with E-state index in [1.165, 1.54) is 0 Å². The molecule has 1 saturated heterocycles. The average Bonchev–Trinajstić information content (AvgIpc) is 2.59. The van der Waals surface area contributed by atoms with Gasteiger partial charge in [0.1, 0.15) is 42.7 Å². The van der Waals surface area contributed by atoms with E-state index in [0.29, 0.717) is 0 Å². The van der Waals surface area contributed by atoms with Gasteiger partial charge in [-0.2, -0.15) is 0 Å². The molecule has 24 heavy (non-hydrogen) atoms. The molecule has 1 fully saturated rings. The first kappa shape index (κ1) is 21.3. The summed E-state index contributed by atoms with van der Waals surface area (Å²) in [5, 5.41) is 86.0. The minimum absolute atomic E-state index is 0.109. The molecule has 12 nitrogen and oxygen atoms in total. The van der Waals surface area contributed by atoms with Crippen molar-refractivity contribution in [3.8, 4) is 0 Å². The van der Waals surface area contributed by atoms with E-state index in [1.54, 1.807) is 0 Å². The molecule has 12 heteroatoms. The minimum Gasteiger partial charge on any atom is -0.394 e. The van der Waals surface area contributed by atoms with Crippen molar-refractivity contribution in [3.63, 3.8) is 0 Å². The van der Waals surface area contributed by atoms with Gasteiger partial charge >= 0.3 is 5.97 Å². The molecule has 0 bridgehead atoms. The molecule has 0 aromatic carbocycles. The van der Waals surface area contributed by atoms with E-state index in [9.17, 15) is 40.5 Å². The van der Waals surface area contributed by atoms with Crippen molar-refractivity contribution >= 4 is 6.29 Å². The Labute approximate surface area is 135 Å². The maximum atomic E-state index is 10.5. The second-order valence-electron chi connectivity index (χ2n) is 5.35. The highest BCUT2D eigenvalue weighted by molar-refractivity contribution is 5.56. The molecule has 9 atom stereocenters. The van der Waals surface area contributed by atoms with Crippen LogP contribution in [0.3, 0.4) is 0 Å². The van der Waals surface area contributed by atoms with E-state index in [2.05, 4.69) is 0 Å². The Bertz CT molecular complexity index is 405. The van der Waals surface area contributed by atoms with Gasteiger partial charge in [0, 0.05) is 0 Å². The van der Waals surface area contributed by atoms with E-state index < -0.39 is 68.0 Å². The van der Waals surface area contributed by atoms with E-state index >= 15 is 0 Å². The number of carbonyl (C=O) groups is 1. The molecule has 0 aromatic heterocycles. The number of hydrogen-bond acceptors (Lipinski definition) is 12. The summed E-state index contributed by atoms with van der Waals surface area (Å²) in [6.45, 7) is -1.93. The molecule has 1 unspecified atom stereocenters. The Morgan fingerprint density at radius 1 is 1.12 bits per heavy atom. The normalized spacial score (nSPS) is 39.0. The van der Waals surface area contributed by atoms with Gasteiger partial charge in [-0.05, 0) is 0 Å². The maximum Gasteiger partial charge on any atom is 0.311 e. The van der Waals surface area contributed by atoms with Gasteiger partial charge in [-0.25, -0.2) is 0 Å². The first-order valence-electron chi connectivity index (χ1n) is 6.96. The molecule has 9 N–H and O–H groups in total. The molecule has 0 aliphatic carbocycles. The third-order valence-corrected chi connectivity index (χ3v) is 3.63. The Morgan fingerprint density at radius 3 is 2.17 bits per heavy atom. The number of aliphatic hydroxyl groups excluding tert-OH is 8. The quantitative estimate of drug-likeness (QED) is 0.146. The molecule has 0 amide bonds. The minimum atomic E-state index is -3.14. The summed E-state index contributed by atoms with van der Waals surface area (Å²) in [4.78, 5) is 10.5. The first-order chi connectivity index (χ1) is 11.1. The highest BCUT2D eigenvalue weighted by Crippen LogP contribution is 2.31. The summed E-state index contributed by atoms with van der Waals surface area (Å²) < 4.78 is 9.56. The zero-order valence-electron chi connectivity index (χ0n) is 12.4. The van der Waals surface area contributed by atoms with Crippen molar-refractivity contribution in [3.05, 3.63) is 0 Å². The van der Waals surface area contributed by atoms with Crippen molar-refractivity contribution in [2.75, 3.05) is 13.2 Å². The number of hydrogen-bond donors (Lipinski definition) is 9. The summed E-state index contributed by atoms with van der Waals surface area (Å²) in [6, 6.07) is 0. The SMILES string of the molecule is O=C[C@H](O)[C@@H](O)[C@H](OC1(O)O[C@H](CO)[C@@H](O)[C@H](O)[C@H]1O)[C@H](O)CO. The first-order valence-corrected chi connectivity index (χ1v) is 6.96. The second kappa shape index (κ2) is 8.55. The lowest BCUT2D eigenvalue weighted by atomic mass is 9.97. The third-order valence-electron chi connectivity index (χ3n) is 3.63. The summed E-state index contributed by atoms with van der Waals surface area (Å²) in [7, 11) is 0. The van der Waals surface area contributed by atoms with Crippen LogP contribution in [0, 0.1) is 0 Å². The number of rotatable bonds is 8.